The number of fused-ring (bicyclic) bond motifs is 3. The fourth-order valence-electron chi connectivity index (χ4n) is 5.21. The molecule has 0 unspecified atom stereocenters. The lowest BCUT2D eigenvalue weighted by Gasteiger charge is -2.43. The number of methoxy groups -OCH3 is 1. The van der Waals surface area contributed by atoms with E-state index in [1.165, 1.54) is 31.6 Å². The number of phenols is 1. The molecule has 1 aromatic carbocycles. The molecule has 2 saturated heterocycles. The largest absolute Gasteiger partial charge is 0.504 e. The molecule has 198 valence electrons. The number of carbonyl (C=O) groups is 1. The zero-order valence-corrected chi connectivity index (χ0v) is 19.1. The lowest BCUT2D eigenvalue weighted by Crippen LogP contribution is -2.60. The Labute approximate surface area is 205 Å². The van der Waals surface area contributed by atoms with Crippen molar-refractivity contribution in [1.29, 1.82) is 0 Å². The highest BCUT2D eigenvalue weighted by atomic mass is 16.8. The number of aromatic hydroxyl groups is 1. The summed E-state index contributed by atoms with van der Waals surface area (Å²) < 4.78 is 32.7. The van der Waals surface area contributed by atoms with E-state index >= 15 is 0 Å². The van der Waals surface area contributed by atoms with Crippen molar-refractivity contribution in [2.45, 2.75) is 54.8 Å². The molecule has 36 heavy (non-hydrogen) atoms. The standard InChI is InChI=1S/C23H28O13/c1-31-12-6-9(2-3-11(12)25)20(30)33-7-13-16(27)17(28)18(29)22(34-13)35-21-14-10(4-5-32-21)15(26)19-23(14,8-24)36-19/h2-6,10,13-19,21-22,24-29H,7-8H2,1H3/t10-,13-,14-,15+,16+,17-,18-,19+,21-,22-,23-/m1/s1. The SMILES string of the molecule is COc1cc(C(=O)OC[C@H]2O[C@H](O[C@H]3OC=C[C@H]4[C@H](O)[C@@H]5O[C@]5(CO)[C@@H]34)[C@H](O)[C@H](O)[C@H]2O)ccc1O. The van der Waals surface area contributed by atoms with Crippen LogP contribution >= 0.6 is 0 Å². The third-order valence-corrected chi connectivity index (χ3v) is 7.24. The number of ether oxygens (including phenoxy) is 6. The third-order valence-electron chi connectivity index (χ3n) is 7.24. The maximum atomic E-state index is 12.5. The Bertz CT molecular complexity index is 1020. The van der Waals surface area contributed by atoms with Crippen molar-refractivity contribution in [3.05, 3.63) is 36.1 Å². The molecule has 3 fully saturated rings. The highest BCUT2D eigenvalue weighted by Gasteiger charge is 2.75. The van der Waals surface area contributed by atoms with Crippen molar-refractivity contribution >= 4 is 5.97 Å². The summed E-state index contributed by atoms with van der Waals surface area (Å²) in [5.74, 6) is -1.99. The molecular weight excluding hydrogens is 484 g/mol. The van der Waals surface area contributed by atoms with Crippen molar-refractivity contribution in [3.8, 4) is 11.5 Å². The minimum absolute atomic E-state index is 0.0600. The minimum Gasteiger partial charge on any atom is -0.504 e. The molecule has 3 aliphatic heterocycles. The first-order chi connectivity index (χ1) is 17.2. The average Bonchev–Trinajstić information content (AvgIpc) is 3.57. The average molecular weight is 512 g/mol. The predicted molar refractivity (Wildman–Crippen MR) is 114 cm³/mol. The molecule has 1 saturated carbocycles. The van der Waals surface area contributed by atoms with Crippen molar-refractivity contribution in [2.24, 2.45) is 11.8 Å². The summed E-state index contributed by atoms with van der Waals surface area (Å²) in [6.45, 7) is -0.891. The number of hydrogen-bond acceptors (Lipinski definition) is 13. The molecule has 13 nitrogen and oxygen atoms in total. The Hall–Kier alpha value is -2.49. The van der Waals surface area contributed by atoms with Gasteiger partial charge in [-0.1, -0.05) is 0 Å². The van der Waals surface area contributed by atoms with Gasteiger partial charge in [0.1, 0.15) is 42.7 Å². The number of aliphatic hydroxyl groups excluding tert-OH is 5. The zero-order valence-electron chi connectivity index (χ0n) is 19.1. The van der Waals surface area contributed by atoms with Crippen LogP contribution in [-0.2, 0) is 23.7 Å². The van der Waals surface area contributed by atoms with Gasteiger partial charge in [-0.2, -0.15) is 0 Å². The first-order valence-electron chi connectivity index (χ1n) is 11.4. The Morgan fingerprint density at radius 3 is 2.58 bits per heavy atom. The van der Waals surface area contributed by atoms with Gasteiger partial charge in [0, 0.05) is 5.92 Å². The molecule has 13 heteroatoms. The first-order valence-corrected chi connectivity index (χ1v) is 11.4. The number of esters is 1. The molecule has 0 spiro atoms. The van der Waals surface area contributed by atoms with Gasteiger partial charge in [-0.15, -0.1) is 0 Å². The second-order valence-corrected chi connectivity index (χ2v) is 9.21. The van der Waals surface area contributed by atoms with E-state index in [4.69, 9.17) is 28.4 Å². The number of benzene rings is 1. The molecule has 3 heterocycles. The van der Waals surface area contributed by atoms with E-state index in [0.717, 1.165) is 0 Å². The number of rotatable bonds is 7. The second-order valence-electron chi connectivity index (χ2n) is 9.21. The molecule has 0 amide bonds. The highest BCUT2D eigenvalue weighted by molar-refractivity contribution is 5.90. The number of aliphatic hydroxyl groups is 5. The molecule has 5 rings (SSSR count). The van der Waals surface area contributed by atoms with Crippen LogP contribution in [0.2, 0.25) is 0 Å². The molecule has 0 bridgehead atoms. The number of carbonyl (C=O) groups excluding carboxylic acids is 1. The van der Waals surface area contributed by atoms with Crippen LogP contribution in [0.5, 0.6) is 11.5 Å². The summed E-state index contributed by atoms with van der Waals surface area (Å²) in [4.78, 5) is 12.5. The molecule has 0 aromatic heterocycles. The third kappa shape index (κ3) is 4.01. The van der Waals surface area contributed by atoms with Gasteiger partial charge in [-0.3, -0.25) is 0 Å². The fraction of sp³-hybridized carbons (Fsp3) is 0.609. The molecular formula is C23H28O13. The lowest BCUT2D eigenvalue weighted by molar-refractivity contribution is -0.344. The van der Waals surface area contributed by atoms with E-state index in [2.05, 4.69) is 0 Å². The Kier molecular flexibility index (Phi) is 6.59. The highest BCUT2D eigenvalue weighted by Crippen LogP contribution is 2.59. The van der Waals surface area contributed by atoms with E-state index in [1.54, 1.807) is 6.08 Å². The molecule has 1 aromatic rings. The number of epoxide rings is 1. The molecule has 6 N–H and O–H groups in total. The van der Waals surface area contributed by atoms with Gasteiger partial charge in [-0.05, 0) is 24.3 Å². The van der Waals surface area contributed by atoms with Gasteiger partial charge in [0.05, 0.1) is 37.6 Å². The van der Waals surface area contributed by atoms with Gasteiger partial charge in [0.15, 0.2) is 17.8 Å². The van der Waals surface area contributed by atoms with Gasteiger partial charge >= 0.3 is 5.97 Å². The van der Waals surface area contributed by atoms with Crippen LogP contribution in [0.15, 0.2) is 30.5 Å². The zero-order chi connectivity index (χ0) is 25.8. The van der Waals surface area contributed by atoms with Gasteiger partial charge in [0.25, 0.3) is 0 Å². The summed E-state index contributed by atoms with van der Waals surface area (Å²) >= 11 is 0. The van der Waals surface area contributed by atoms with Crippen LogP contribution in [-0.4, -0.2) is 112 Å². The van der Waals surface area contributed by atoms with Crippen LogP contribution in [0, 0.1) is 11.8 Å². The number of hydrogen-bond donors (Lipinski definition) is 6. The topological polar surface area (TPSA) is 197 Å². The van der Waals surface area contributed by atoms with Gasteiger partial charge < -0.3 is 59.1 Å². The summed E-state index contributed by atoms with van der Waals surface area (Å²) in [6, 6.07) is 3.84. The molecule has 11 atom stereocenters. The van der Waals surface area contributed by atoms with Crippen LogP contribution < -0.4 is 4.74 Å². The van der Waals surface area contributed by atoms with E-state index in [0.29, 0.717) is 0 Å². The van der Waals surface area contributed by atoms with E-state index in [1.807, 2.05) is 0 Å². The summed E-state index contributed by atoms with van der Waals surface area (Å²) in [5.41, 5.74) is -1.01. The van der Waals surface area contributed by atoms with Crippen LogP contribution in [0.3, 0.4) is 0 Å². The quantitative estimate of drug-likeness (QED) is 0.173. The van der Waals surface area contributed by atoms with Crippen LogP contribution in [0.1, 0.15) is 10.4 Å². The van der Waals surface area contributed by atoms with Crippen LogP contribution in [0.25, 0.3) is 0 Å². The van der Waals surface area contributed by atoms with Crippen molar-refractivity contribution in [3.63, 3.8) is 0 Å². The van der Waals surface area contributed by atoms with E-state index < -0.39 is 79.2 Å². The first kappa shape index (κ1) is 25.2. The Balaban J connectivity index is 1.26. The predicted octanol–water partition coefficient (Wildman–Crippen LogP) is -2.01. The smallest absolute Gasteiger partial charge is 0.338 e. The van der Waals surface area contributed by atoms with Crippen molar-refractivity contribution in [1.82, 2.24) is 0 Å². The van der Waals surface area contributed by atoms with Crippen molar-refractivity contribution < 1.29 is 63.9 Å². The van der Waals surface area contributed by atoms with Gasteiger partial charge in [-0.25, -0.2) is 4.79 Å². The van der Waals surface area contributed by atoms with Crippen molar-refractivity contribution in [2.75, 3.05) is 20.3 Å². The monoisotopic (exact) mass is 512 g/mol. The molecule has 4 aliphatic rings. The van der Waals surface area contributed by atoms with E-state index in [-0.39, 0.29) is 23.7 Å². The van der Waals surface area contributed by atoms with E-state index in [9.17, 15) is 35.4 Å². The summed E-state index contributed by atoms with van der Waals surface area (Å²) in [5, 5.41) is 61.3. The Morgan fingerprint density at radius 1 is 1.08 bits per heavy atom. The maximum Gasteiger partial charge on any atom is 0.338 e. The fourth-order valence-corrected chi connectivity index (χ4v) is 5.21. The Morgan fingerprint density at radius 2 is 1.86 bits per heavy atom. The lowest BCUT2D eigenvalue weighted by atomic mass is 9.85. The minimum atomic E-state index is -1.71. The summed E-state index contributed by atoms with van der Waals surface area (Å²) in [6.07, 6.45) is -7.43. The molecule has 1 aliphatic carbocycles. The number of phenolic OH excluding ortho intramolecular Hbond substituents is 1. The maximum absolute atomic E-state index is 12.5. The normalized spacial score (nSPS) is 42.7. The van der Waals surface area contributed by atoms with Crippen LogP contribution in [0.4, 0.5) is 0 Å². The second kappa shape index (κ2) is 9.43. The molecule has 0 radical (unpaired) electrons. The summed E-state index contributed by atoms with van der Waals surface area (Å²) in [7, 11) is 1.32. The van der Waals surface area contributed by atoms with Gasteiger partial charge in [0.2, 0.25) is 6.29 Å².